The van der Waals surface area contributed by atoms with Gasteiger partial charge in [0.05, 0.1) is 11.8 Å². The molecule has 1 saturated heterocycles. The predicted molar refractivity (Wildman–Crippen MR) is 63.5 cm³/mol. The summed E-state index contributed by atoms with van der Waals surface area (Å²) in [5.74, 6) is 0. The Morgan fingerprint density at radius 1 is 1.62 bits per heavy atom. The van der Waals surface area contributed by atoms with Gasteiger partial charge in [0.25, 0.3) is 0 Å². The Labute approximate surface area is 97.0 Å². The van der Waals surface area contributed by atoms with Crippen LogP contribution >= 0.6 is 0 Å². The molecule has 0 radical (unpaired) electrons. The van der Waals surface area contributed by atoms with Crippen molar-refractivity contribution < 1.29 is 4.74 Å². The summed E-state index contributed by atoms with van der Waals surface area (Å²) in [5.41, 5.74) is 2.47. The van der Waals surface area contributed by atoms with E-state index in [9.17, 15) is 0 Å². The molecule has 0 aromatic carbocycles. The molecule has 90 valence electrons. The molecule has 4 nitrogen and oxygen atoms in total. The largest absolute Gasteiger partial charge is 0.377 e. The lowest BCUT2D eigenvalue weighted by atomic mass is 10.1. The Morgan fingerprint density at radius 2 is 2.44 bits per heavy atom. The first-order chi connectivity index (χ1) is 7.66. The standard InChI is InChI=1S/C12H21N3O/c1-9-11(8-15(3)14-9)4-6-13-12-5-7-16-10(12)2/h8,10,12-13H,4-7H2,1-3H3. The molecule has 2 atom stereocenters. The van der Waals surface area contributed by atoms with Gasteiger partial charge in [-0.2, -0.15) is 5.10 Å². The van der Waals surface area contributed by atoms with Gasteiger partial charge in [-0.3, -0.25) is 4.68 Å². The maximum atomic E-state index is 5.52. The minimum atomic E-state index is 0.356. The number of hydrogen-bond acceptors (Lipinski definition) is 3. The third-order valence-corrected chi connectivity index (χ3v) is 3.29. The molecule has 1 aromatic heterocycles. The summed E-state index contributed by atoms with van der Waals surface area (Å²) in [6.07, 6.45) is 4.64. The normalized spacial score (nSPS) is 25.2. The van der Waals surface area contributed by atoms with Gasteiger partial charge in [-0.15, -0.1) is 0 Å². The van der Waals surface area contributed by atoms with Crippen LogP contribution in [0.5, 0.6) is 0 Å². The van der Waals surface area contributed by atoms with E-state index in [-0.39, 0.29) is 0 Å². The Hall–Kier alpha value is -0.870. The van der Waals surface area contributed by atoms with Gasteiger partial charge < -0.3 is 10.1 Å². The Bertz CT molecular complexity index is 348. The summed E-state index contributed by atoms with van der Waals surface area (Å²) in [6, 6.07) is 0.525. The first-order valence-electron chi connectivity index (χ1n) is 6.01. The van der Waals surface area contributed by atoms with Gasteiger partial charge >= 0.3 is 0 Å². The molecule has 1 fully saturated rings. The van der Waals surface area contributed by atoms with Crippen LogP contribution in [0.2, 0.25) is 0 Å². The van der Waals surface area contributed by atoms with Crippen molar-refractivity contribution in [1.29, 1.82) is 0 Å². The lowest BCUT2D eigenvalue weighted by Gasteiger charge is -2.15. The first kappa shape index (κ1) is 11.6. The van der Waals surface area contributed by atoms with Crippen LogP contribution in [0.1, 0.15) is 24.6 Å². The second-order valence-corrected chi connectivity index (χ2v) is 4.59. The molecule has 1 N–H and O–H groups in total. The molecule has 0 amide bonds. The molecule has 0 saturated carbocycles. The lowest BCUT2D eigenvalue weighted by Crippen LogP contribution is -2.35. The highest BCUT2D eigenvalue weighted by Crippen LogP contribution is 2.12. The SMILES string of the molecule is Cc1nn(C)cc1CCNC1CCOC1C. The Morgan fingerprint density at radius 3 is 3.00 bits per heavy atom. The van der Waals surface area contributed by atoms with Crippen LogP contribution in [0.3, 0.4) is 0 Å². The second-order valence-electron chi connectivity index (χ2n) is 4.59. The fourth-order valence-corrected chi connectivity index (χ4v) is 2.29. The van der Waals surface area contributed by atoms with Crippen LogP contribution in [0.15, 0.2) is 6.20 Å². The van der Waals surface area contributed by atoms with Crippen LogP contribution in [0.4, 0.5) is 0 Å². The zero-order valence-corrected chi connectivity index (χ0v) is 10.4. The van der Waals surface area contributed by atoms with Crippen LogP contribution in [-0.4, -0.2) is 35.1 Å². The van der Waals surface area contributed by atoms with E-state index in [1.165, 1.54) is 5.56 Å². The molecule has 1 aliphatic heterocycles. The molecule has 0 aliphatic carbocycles. The molecular weight excluding hydrogens is 202 g/mol. The summed E-state index contributed by atoms with van der Waals surface area (Å²) in [5, 5.41) is 7.89. The van der Waals surface area contributed by atoms with Gasteiger partial charge in [0.2, 0.25) is 0 Å². The number of aromatic nitrogens is 2. The van der Waals surface area contributed by atoms with E-state index in [4.69, 9.17) is 4.74 Å². The molecule has 0 spiro atoms. The number of nitrogens with one attached hydrogen (secondary N) is 1. The van der Waals surface area contributed by atoms with Crippen LogP contribution in [-0.2, 0) is 18.2 Å². The van der Waals surface area contributed by atoms with Gasteiger partial charge in [-0.25, -0.2) is 0 Å². The molecule has 4 heteroatoms. The highest BCUT2D eigenvalue weighted by Gasteiger charge is 2.23. The fourth-order valence-electron chi connectivity index (χ4n) is 2.29. The first-order valence-corrected chi connectivity index (χ1v) is 6.01. The third kappa shape index (κ3) is 2.62. The van der Waals surface area contributed by atoms with E-state index in [1.807, 2.05) is 11.7 Å². The lowest BCUT2D eigenvalue weighted by molar-refractivity contribution is 0.113. The predicted octanol–water partition coefficient (Wildman–Crippen LogP) is 1.04. The van der Waals surface area contributed by atoms with E-state index >= 15 is 0 Å². The summed E-state index contributed by atoms with van der Waals surface area (Å²) >= 11 is 0. The monoisotopic (exact) mass is 223 g/mol. The molecule has 16 heavy (non-hydrogen) atoms. The topological polar surface area (TPSA) is 39.1 Å². The quantitative estimate of drug-likeness (QED) is 0.829. The van der Waals surface area contributed by atoms with E-state index in [0.29, 0.717) is 12.1 Å². The van der Waals surface area contributed by atoms with E-state index in [0.717, 1.165) is 31.7 Å². The number of aryl methyl sites for hydroxylation is 2. The minimum Gasteiger partial charge on any atom is -0.377 e. The molecule has 0 bridgehead atoms. The van der Waals surface area contributed by atoms with Crippen molar-refractivity contribution in [1.82, 2.24) is 15.1 Å². The van der Waals surface area contributed by atoms with E-state index in [2.05, 4.69) is 30.5 Å². The van der Waals surface area contributed by atoms with Gasteiger partial charge in [0, 0.05) is 25.9 Å². The Balaban J connectivity index is 1.77. The van der Waals surface area contributed by atoms with Crippen LogP contribution in [0.25, 0.3) is 0 Å². The molecule has 1 aliphatic rings. The van der Waals surface area contributed by atoms with Gasteiger partial charge in [0.15, 0.2) is 0 Å². The Kier molecular flexibility index (Phi) is 3.61. The average molecular weight is 223 g/mol. The average Bonchev–Trinajstić information content (AvgIpc) is 2.75. The smallest absolute Gasteiger partial charge is 0.0700 e. The van der Waals surface area contributed by atoms with Crippen molar-refractivity contribution in [3.05, 3.63) is 17.5 Å². The van der Waals surface area contributed by atoms with Gasteiger partial charge in [0.1, 0.15) is 0 Å². The molecule has 1 aromatic rings. The summed E-state index contributed by atoms with van der Waals surface area (Å²) in [7, 11) is 1.97. The summed E-state index contributed by atoms with van der Waals surface area (Å²) < 4.78 is 7.40. The van der Waals surface area contributed by atoms with Crippen molar-refractivity contribution in [3.63, 3.8) is 0 Å². The van der Waals surface area contributed by atoms with Crippen molar-refractivity contribution in [2.75, 3.05) is 13.2 Å². The second kappa shape index (κ2) is 4.97. The highest BCUT2D eigenvalue weighted by molar-refractivity contribution is 5.15. The molecule has 2 heterocycles. The van der Waals surface area contributed by atoms with Crippen molar-refractivity contribution in [2.45, 2.75) is 38.8 Å². The van der Waals surface area contributed by atoms with Crippen LogP contribution < -0.4 is 5.32 Å². The molecule has 2 unspecified atom stereocenters. The number of nitrogens with zero attached hydrogens (tertiary/aromatic N) is 2. The molecule has 2 rings (SSSR count). The third-order valence-electron chi connectivity index (χ3n) is 3.29. The van der Waals surface area contributed by atoms with E-state index in [1.54, 1.807) is 0 Å². The zero-order chi connectivity index (χ0) is 11.5. The zero-order valence-electron chi connectivity index (χ0n) is 10.4. The minimum absolute atomic E-state index is 0.356. The van der Waals surface area contributed by atoms with Gasteiger partial charge in [-0.05, 0) is 38.8 Å². The molecular formula is C12H21N3O. The number of hydrogen-bond donors (Lipinski definition) is 1. The summed E-state index contributed by atoms with van der Waals surface area (Å²) in [4.78, 5) is 0. The highest BCUT2D eigenvalue weighted by atomic mass is 16.5. The van der Waals surface area contributed by atoms with Crippen molar-refractivity contribution in [3.8, 4) is 0 Å². The maximum absolute atomic E-state index is 5.52. The number of ether oxygens (including phenoxy) is 1. The fraction of sp³-hybridized carbons (Fsp3) is 0.750. The van der Waals surface area contributed by atoms with Crippen molar-refractivity contribution in [2.24, 2.45) is 7.05 Å². The van der Waals surface area contributed by atoms with Crippen molar-refractivity contribution >= 4 is 0 Å². The number of rotatable bonds is 4. The summed E-state index contributed by atoms with van der Waals surface area (Å²) in [6.45, 7) is 6.10. The van der Waals surface area contributed by atoms with Gasteiger partial charge in [-0.1, -0.05) is 0 Å². The van der Waals surface area contributed by atoms with E-state index < -0.39 is 0 Å². The maximum Gasteiger partial charge on any atom is 0.0700 e. The van der Waals surface area contributed by atoms with Crippen LogP contribution in [0, 0.1) is 6.92 Å².